The van der Waals surface area contributed by atoms with Crippen molar-refractivity contribution >= 4 is 23.2 Å². The zero-order valence-electron chi connectivity index (χ0n) is 11.0. The SMILES string of the molecule is CCCCNC(=O)CNc1ccc(C(F)(F)F)cc1Cl. The molecule has 0 saturated heterocycles. The number of halogens is 4. The minimum atomic E-state index is -4.43. The maximum absolute atomic E-state index is 12.4. The van der Waals surface area contributed by atoms with Crippen LogP contribution in [0.25, 0.3) is 0 Å². The summed E-state index contributed by atoms with van der Waals surface area (Å²) in [4.78, 5) is 11.4. The van der Waals surface area contributed by atoms with E-state index in [1.54, 1.807) is 0 Å². The highest BCUT2D eigenvalue weighted by molar-refractivity contribution is 6.33. The van der Waals surface area contributed by atoms with Gasteiger partial charge in [0.1, 0.15) is 0 Å². The number of benzene rings is 1. The van der Waals surface area contributed by atoms with E-state index in [0.717, 1.165) is 25.0 Å². The van der Waals surface area contributed by atoms with Crippen molar-refractivity contribution in [2.45, 2.75) is 25.9 Å². The Morgan fingerprint density at radius 3 is 2.60 bits per heavy atom. The minimum Gasteiger partial charge on any atom is -0.375 e. The minimum absolute atomic E-state index is 0.0329. The van der Waals surface area contributed by atoms with Crippen LogP contribution < -0.4 is 10.6 Å². The van der Waals surface area contributed by atoms with Crippen LogP contribution in [0.3, 0.4) is 0 Å². The van der Waals surface area contributed by atoms with Gasteiger partial charge in [-0.1, -0.05) is 24.9 Å². The van der Waals surface area contributed by atoms with E-state index in [1.807, 2.05) is 6.92 Å². The molecule has 0 aliphatic rings. The lowest BCUT2D eigenvalue weighted by atomic mass is 10.2. The van der Waals surface area contributed by atoms with E-state index in [-0.39, 0.29) is 17.5 Å². The molecule has 20 heavy (non-hydrogen) atoms. The third-order valence-corrected chi connectivity index (χ3v) is 2.90. The average Bonchev–Trinajstić information content (AvgIpc) is 2.36. The van der Waals surface area contributed by atoms with Gasteiger partial charge >= 0.3 is 6.18 Å². The van der Waals surface area contributed by atoms with Crippen LogP contribution in [0.5, 0.6) is 0 Å². The molecule has 0 saturated carbocycles. The fourth-order valence-corrected chi connectivity index (χ4v) is 1.72. The average molecular weight is 309 g/mol. The van der Waals surface area contributed by atoms with E-state index in [9.17, 15) is 18.0 Å². The van der Waals surface area contributed by atoms with Crippen molar-refractivity contribution in [1.82, 2.24) is 5.32 Å². The van der Waals surface area contributed by atoms with E-state index in [0.29, 0.717) is 12.2 Å². The molecule has 112 valence electrons. The molecule has 0 bridgehead atoms. The fraction of sp³-hybridized carbons (Fsp3) is 0.462. The zero-order chi connectivity index (χ0) is 15.2. The first-order valence-electron chi connectivity index (χ1n) is 6.22. The number of carbonyl (C=O) groups is 1. The molecule has 0 aromatic heterocycles. The molecular weight excluding hydrogens is 293 g/mol. The van der Waals surface area contributed by atoms with Gasteiger partial charge in [-0.3, -0.25) is 4.79 Å². The molecule has 0 spiro atoms. The van der Waals surface area contributed by atoms with Crippen molar-refractivity contribution < 1.29 is 18.0 Å². The first-order chi connectivity index (χ1) is 9.34. The van der Waals surface area contributed by atoms with Crippen LogP contribution in [-0.2, 0) is 11.0 Å². The van der Waals surface area contributed by atoms with Crippen LogP contribution in [-0.4, -0.2) is 19.0 Å². The Labute approximate surface area is 120 Å². The lowest BCUT2D eigenvalue weighted by Crippen LogP contribution is -2.30. The number of nitrogens with one attached hydrogen (secondary N) is 2. The Balaban J connectivity index is 2.55. The Morgan fingerprint density at radius 2 is 2.05 bits per heavy atom. The highest BCUT2D eigenvalue weighted by atomic mass is 35.5. The van der Waals surface area contributed by atoms with Crippen LogP contribution in [0.15, 0.2) is 18.2 Å². The summed E-state index contributed by atoms with van der Waals surface area (Å²) in [6.45, 7) is 2.55. The van der Waals surface area contributed by atoms with E-state index in [2.05, 4.69) is 10.6 Å². The fourth-order valence-electron chi connectivity index (χ4n) is 1.48. The topological polar surface area (TPSA) is 41.1 Å². The number of amides is 1. The van der Waals surface area contributed by atoms with Gasteiger partial charge in [0.05, 0.1) is 22.8 Å². The molecule has 1 aromatic carbocycles. The molecule has 1 amide bonds. The third kappa shape index (κ3) is 5.28. The second kappa shape index (κ2) is 7.38. The highest BCUT2D eigenvalue weighted by Crippen LogP contribution is 2.33. The second-order valence-corrected chi connectivity index (χ2v) is 4.66. The Kier molecular flexibility index (Phi) is 6.13. The van der Waals surface area contributed by atoms with E-state index >= 15 is 0 Å². The largest absolute Gasteiger partial charge is 0.416 e. The highest BCUT2D eigenvalue weighted by Gasteiger charge is 2.30. The summed E-state index contributed by atoms with van der Waals surface area (Å²) in [5.74, 6) is -0.227. The lowest BCUT2D eigenvalue weighted by molar-refractivity contribution is -0.137. The summed E-state index contributed by atoms with van der Waals surface area (Å²) < 4.78 is 37.3. The van der Waals surface area contributed by atoms with Gasteiger partial charge in [0.25, 0.3) is 0 Å². The van der Waals surface area contributed by atoms with Gasteiger partial charge in [-0.25, -0.2) is 0 Å². The quantitative estimate of drug-likeness (QED) is 0.787. The first kappa shape index (κ1) is 16.6. The van der Waals surface area contributed by atoms with Gasteiger partial charge in [0.15, 0.2) is 0 Å². The molecule has 0 heterocycles. The summed E-state index contributed by atoms with van der Waals surface area (Å²) in [6.07, 6.45) is -2.58. The summed E-state index contributed by atoms with van der Waals surface area (Å²) in [6, 6.07) is 2.96. The Morgan fingerprint density at radius 1 is 1.35 bits per heavy atom. The molecule has 0 radical (unpaired) electrons. The maximum atomic E-state index is 12.4. The number of unbranched alkanes of at least 4 members (excludes halogenated alkanes) is 1. The number of carbonyl (C=O) groups excluding carboxylic acids is 1. The van der Waals surface area contributed by atoms with Gasteiger partial charge in [-0.2, -0.15) is 13.2 Å². The monoisotopic (exact) mass is 308 g/mol. The Hall–Kier alpha value is -1.43. The number of rotatable bonds is 6. The molecule has 0 atom stereocenters. The van der Waals surface area contributed by atoms with E-state index in [4.69, 9.17) is 11.6 Å². The molecule has 0 aliphatic heterocycles. The first-order valence-corrected chi connectivity index (χ1v) is 6.59. The number of hydrogen-bond acceptors (Lipinski definition) is 2. The summed E-state index contributed by atoms with van der Waals surface area (Å²) >= 11 is 5.75. The van der Waals surface area contributed by atoms with Crippen molar-refractivity contribution in [1.29, 1.82) is 0 Å². The van der Waals surface area contributed by atoms with Crippen molar-refractivity contribution in [3.05, 3.63) is 28.8 Å². The van der Waals surface area contributed by atoms with Gasteiger partial charge in [-0.15, -0.1) is 0 Å². The van der Waals surface area contributed by atoms with Crippen LogP contribution in [0.1, 0.15) is 25.3 Å². The molecule has 0 unspecified atom stereocenters. The van der Waals surface area contributed by atoms with Crippen LogP contribution in [0.4, 0.5) is 18.9 Å². The summed E-state index contributed by atoms with van der Waals surface area (Å²) in [7, 11) is 0. The maximum Gasteiger partial charge on any atom is 0.416 e. The second-order valence-electron chi connectivity index (χ2n) is 4.25. The number of anilines is 1. The Bertz CT molecular complexity index is 463. The van der Waals surface area contributed by atoms with Crippen LogP contribution in [0, 0.1) is 0 Å². The third-order valence-electron chi connectivity index (χ3n) is 2.59. The van der Waals surface area contributed by atoms with Gasteiger partial charge < -0.3 is 10.6 Å². The molecule has 1 rings (SSSR count). The predicted octanol–water partition coefficient (Wildman–Crippen LogP) is 3.69. The molecular formula is C13H16ClF3N2O. The van der Waals surface area contributed by atoms with E-state index < -0.39 is 11.7 Å². The lowest BCUT2D eigenvalue weighted by Gasteiger charge is -2.11. The number of hydrogen-bond donors (Lipinski definition) is 2. The van der Waals surface area contributed by atoms with Crippen LogP contribution in [0.2, 0.25) is 5.02 Å². The van der Waals surface area contributed by atoms with Crippen molar-refractivity contribution in [3.63, 3.8) is 0 Å². The molecule has 1 aromatic rings. The van der Waals surface area contributed by atoms with Gasteiger partial charge in [-0.05, 0) is 24.6 Å². The van der Waals surface area contributed by atoms with Crippen molar-refractivity contribution in [2.75, 3.05) is 18.4 Å². The molecule has 7 heteroatoms. The van der Waals surface area contributed by atoms with Crippen molar-refractivity contribution in [2.24, 2.45) is 0 Å². The molecule has 3 nitrogen and oxygen atoms in total. The zero-order valence-corrected chi connectivity index (χ0v) is 11.7. The molecule has 0 aliphatic carbocycles. The van der Waals surface area contributed by atoms with E-state index in [1.165, 1.54) is 6.07 Å². The predicted molar refractivity (Wildman–Crippen MR) is 72.9 cm³/mol. The number of alkyl halides is 3. The van der Waals surface area contributed by atoms with Crippen molar-refractivity contribution in [3.8, 4) is 0 Å². The summed E-state index contributed by atoms with van der Waals surface area (Å²) in [5, 5.41) is 5.32. The van der Waals surface area contributed by atoms with Crippen LogP contribution >= 0.6 is 11.6 Å². The molecule has 2 N–H and O–H groups in total. The van der Waals surface area contributed by atoms with Gasteiger partial charge in [0.2, 0.25) is 5.91 Å². The standard InChI is InChI=1S/C13H16ClF3N2O/c1-2-3-6-18-12(20)8-19-11-5-4-9(7-10(11)14)13(15,16)17/h4-5,7,19H,2-3,6,8H2,1H3,(H,18,20). The molecule has 0 fully saturated rings. The normalized spacial score (nSPS) is 11.2. The smallest absolute Gasteiger partial charge is 0.375 e. The van der Waals surface area contributed by atoms with Gasteiger partial charge in [0, 0.05) is 6.54 Å². The summed E-state index contributed by atoms with van der Waals surface area (Å²) in [5.41, 5.74) is -0.522.